The lowest BCUT2D eigenvalue weighted by atomic mass is 9.95. The largest absolute Gasteiger partial charge is 0.377 e. The van der Waals surface area contributed by atoms with Crippen molar-refractivity contribution in [2.24, 2.45) is 7.05 Å². The Labute approximate surface area is 258 Å². The molecule has 0 aliphatic carbocycles. The third-order valence-electron chi connectivity index (χ3n) is 7.29. The van der Waals surface area contributed by atoms with E-state index >= 15 is 0 Å². The minimum Gasteiger partial charge on any atom is -0.377 e. The van der Waals surface area contributed by atoms with E-state index in [2.05, 4.69) is 25.2 Å². The second-order valence-electron chi connectivity index (χ2n) is 10.7. The fourth-order valence-corrected chi connectivity index (χ4v) is 6.02. The van der Waals surface area contributed by atoms with E-state index in [9.17, 15) is 18.0 Å². The van der Waals surface area contributed by atoms with Crippen molar-refractivity contribution in [3.05, 3.63) is 79.8 Å². The Morgan fingerprint density at radius 2 is 1.88 bits per heavy atom. The zero-order chi connectivity index (χ0) is 31.1. The first-order valence-corrected chi connectivity index (χ1v) is 16.1. The van der Waals surface area contributed by atoms with Crippen molar-refractivity contribution in [3.8, 4) is 0 Å². The number of hydrogen-bond donors (Lipinski definition) is 2. The molecule has 226 valence electrons. The minimum absolute atomic E-state index is 0.0251. The molecule has 2 atom stereocenters. The third kappa shape index (κ3) is 6.73. The lowest BCUT2D eigenvalue weighted by Crippen LogP contribution is -2.39. The molecule has 1 aliphatic rings. The fourth-order valence-electron chi connectivity index (χ4n) is 5.34. The number of carbonyl (C=O) groups is 1. The molecule has 1 fully saturated rings. The molecule has 0 radical (unpaired) electrons. The van der Waals surface area contributed by atoms with Crippen LogP contribution in [0.3, 0.4) is 0 Å². The maximum absolute atomic E-state index is 13.7. The van der Waals surface area contributed by atoms with Gasteiger partial charge in [0.25, 0.3) is 11.5 Å². The van der Waals surface area contributed by atoms with Crippen LogP contribution in [0.4, 0.5) is 11.6 Å². The maximum atomic E-state index is 13.7. The Morgan fingerprint density at radius 3 is 2.58 bits per heavy atom. The number of aryl methyl sites for hydroxylation is 1. The first kappa shape index (κ1) is 30.6. The highest BCUT2D eigenvalue weighted by Crippen LogP contribution is 2.31. The molecule has 1 saturated heterocycles. The standard InChI is InChI=1S/C28H30Cl2N8O4S/c1-15-10-18(16(2)33-20-7-8-22(29)34-25(20)26(39)36-43(4,41)42)24-19(11-15)27(40)37(3)28(35-24)38-9-5-6-17(14-38)21-12-32-23(30)13-31-21/h7-8,10-13,16-17,33H,5-6,9,14H2,1-4H3,(H,36,39)/t16-,17+/m1/s1. The molecule has 2 N–H and O–H groups in total. The van der Waals surface area contributed by atoms with E-state index in [0.29, 0.717) is 35.1 Å². The number of amides is 1. The van der Waals surface area contributed by atoms with Crippen LogP contribution in [0, 0.1) is 6.92 Å². The van der Waals surface area contributed by atoms with Gasteiger partial charge in [-0.25, -0.2) is 28.1 Å². The topological polar surface area (TPSA) is 152 Å². The van der Waals surface area contributed by atoms with E-state index in [1.165, 1.54) is 12.3 Å². The molecular weight excluding hydrogens is 615 g/mol. The van der Waals surface area contributed by atoms with Crippen LogP contribution in [0.5, 0.6) is 0 Å². The molecule has 4 aromatic rings. The number of fused-ring (bicyclic) bond motifs is 1. The SMILES string of the molecule is Cc1cc([C@@H](C)Nc2ccc(Cl)nc2C(=O)NS(C)(=O)=O)c2nc(N3CCC[C@H](c4cnc(Cl)cn4)C3)n(C)c(=O)c2c1. The van der Waals surface area contributed by atoms with E-state index in [1.54, 1.807) is 23.9 Å². The van der Waals surface area contributed by atoms with Gasteiger partial charge < -0.3 is 10.2 Å². The van der Waals surface area contributed by atoms with Gasteiger partial charge in [0, 0.05) is 31.6 Å². The molecule has 1 amide bonds. The van der Waals surface area contributed by atoms with Crippen LogP contribution >= 0.6 is 23.2 Å². The number of nitrogens with one attached hydrogen (secondary N) is 2. The number of piperidine rings is 1. The van der Waals surface area contributed by atoms with E-state index in [1.807, 2.05) is 30.7 Å². The van der Waals surface area contributed by atoms with Gasteiger partial charge in [-0.3, -0.25) is 19.1 Å². The number of hydrogen-bond acceptors (Lipinski definition) is 10. The lowest BCUT2D eigenvalue weighted by Gasteiger charge is -2.34. The molecule has 5 rings (SSSR count). The number of rotatable bonds is 7. The van der Waals surface area contributed by atoms with Gasteiger partial charge in [-0.05, 0) is 50.5 Å². The summed E-state index contributed by atoms with van der Waals surface area (Å²) in [7, 11) is -2.13. The van der Waals surface area contributed by atoms with Gasteiger partial charge in [-0.15, -0.1) is 0 Å². The average molecular weight is 646 g/mol. The zero-order valence-electron chi connectivity index (χ0n) is 23.9. The maximum Gasteiger partial charge on any atom is 0.285 e. The predicted octanol–water partition coefficient (Wildman–Crippen LogP) is 3.98. The van der Waals surface area contributed by atoms with Crippen LogP contribution in [0.15, 0.2) is 41.5 Å². The first-order chi connectivity index (χ1) is 20.3. The Kier molecular flexibility index (Phi) is 8.59. The van der Waals surface area contributed by atoms with E-state index < -0.39 is 22.0 Å². The summed E-state index contributed by atoms with van der Waals surface area (Å²) in [6.07, 6.45) is 5.90. The Hall–Kier alpha value is -3.81. The van der Waals surface area contributed by atoms with Gasteiger partial charge in [0.15, 0.2) is 5.69 Å². The van der Waals surface area contributed by atoms with E-state index in [0.717, 1.165) is 35.9 Å². The molecule has 0 saturated carbocycles. The monoisotopic (exact) mass is 644 g/mol. The highest BCUT2D eigenvalue weighted by Gasteiger charge is 2.27. The van der Waals surface area contributed by atoms with Crippen molar-refractivity contribution >= 4 is 61.7 Å². The second-order valence-corrected chi connectivity index (χ2v) is 13.2. The van der Waals surface area contributed by atoms with Crippen molar-refractivity contribution in [2.45, 2.75) is 38.6 Å². The van der Waals surface area contributed by atoms with Gasteiger partial charge in [0.05, 0.1) is 47.0 Å². The molecule has 0 bridgehead atoms. The van der Waals surface area contributed by atoms with Crippen LogP contribution in [-0.2, 0) is 17.1 Å². The number of halogens is 2. The highest BCUT2D eigenvalue weighted by atomic mass is 35.5. The first-order valence-electron chi connectivity index (χ1n) is 13.5. The van der Waals surface area contributed by atoms with Gasteiger partial charge in [-0.2, -0.15) is 0 Å². The average Bonchev–Trinajstić information content (AvgIpc) is 2.95. The summed E-state index contributed by atoms with van der Waals surface area (Å²) in [6.45, 7) is 5.07. The number of sulfonamides is 1. The smallest absolute Gasteiger partial charge is 0.285 e. The van der Waals surface area contributed by atoms with Crippen LogP contribution in [-0.4, -0.2) is 58.2 Å². The Balaban J connectivity index is 1.53. The van der Waals surface area contributed by atoms with Crippen molar-refractivity contribution in [2.75, 3.05) is 29.6 Å². The second kappa shape index (κ2) is 12.1. The summed E-state index contributed by atoms with van der Waals surface area (Å²) in [5.74, 6) is -0.297. The number of pyridine rings is 1. The molecule has 15 heteroatoms. The molecule has 0 unspecified atom stereocenters. The van der Waals surface area contributed by atoms with Gasteiger partial charge in [0.1, 0.15) is 10.3 Å². The van der Waals surface area contributed by atoms with Gasteiger partial charge >= 0.3 is 0 Å². The molecule has 1 aromatic carbocycles. The molecule has 43 heavy (non-hydrogen) atoms. The normalized spacial score (nSPS) is 16.2. The van der Waals surface area contributed by atoms with Crippen molar-refractivity contribution in [1.82, 2.24) is 29.2 Å². The number of aromatic nitrogens is 5. The number of carbonyl (C=O) groups excluding carboxylic acids is 1. The van der Waals surface area contributed by atoms with Crippen LogP contribution < -0.4 is 20.5 Å². The van der Waals surface area contributed by atoms with Crippen molar-refractivity contribution < 1.29 is 13.2 Å². The summed E-state index contributed by atoms with van der Waals surface area (Å²) in [6, 6.07) is 6.31. The molecule has 0 spiro atoms. The highest BCUT2D eigenvalue weighted by molar-refractivity contribution is 7.89. The predicted molar refractivity (Wildman–Crippen MR) is 167 cm³/mol. The van der Waals surface area contributed by atoms with Crippen molar-refractivity contribution in [1.29, 1.82) is 0 Å². The molecule has 4 heterocycles. The Bertz CT molecular complexity index is 1880. The summed E-state index contributed by atoms with van der Waals surface area (Å²) < 4.78 is 26.9. The number of benzene rings is 1. The number of nitrogens with zero attached hydrogens (tertiary/aromatic N) is 6. The lowest BCUT2D eigenvalue weighted by molar-refractivity contribution is 0.0977. The summed E-state index contributed by atoms with van der Waals surface area (Å²) in [5, 5.41) is 4.05. The van der Waals surface area contributed by atoms with Crippen LogP contribution in [0.1, 0.15) is 59.0 Å². The summed E-state index contributed by atoms with van der Waals surface area (Å²) >= 11 is 12.0. The van der Waals surface area contributed by atoms with Crippen LogP contribution in [0.25, 0.3) is 10.9 Å². The van der Waals surface area contributed by atoms with E-state index in [4.69, 9.17) is 28.2 Å². The van der Waals surface area contributed by atoms with Crippen molar-refractivity contribution in [3.63, 3.8) is 0 Å². The Morgan fingerprint density at radius 1 is 1.12 bits per heavy atom. The minimum atomic E-state index is -3.84. The molecular formula is C28H30Cl2N8O4S. The zero-order valence-corrected chi connectivity index (χ0v) is 26.3. The quantitative estimate of drug-likeness (QED) is 0.283. The molecule has 12 nitrogen and oxygen atoms in total. The van der Waals surface area contributed by atoms with Crippen LogP contribution in [0.2, 0.25) is 10.3 Å². The third-order valence-corrected chi connectivity index (χ3v) is 8.25. The summed E-state index contributed by atoms with van der Waals surface area (Å²) in [5.41, 5.74) is 2.81. The molecule has 1 aliphatic heterocycles. The molecule has 3 aromatic heterocycles. The van der Waals surface area contributed by atoms with Gasteiger partial charge in [-0.1, -0.05) is 29.3 Å². The van der Waals surface area contributed by atoms with Gasteiger partial charge in [0.2, 0.25) is 16.0 Å². The number of anilines is 2. The summed E-state index contributed by atoms with van der Waals surface area (Å²) in [4.78, 5) is 46.2. The fraction of sp³-hybridized carbons (Fsp3) is 0.357. The van der Waals surface area contributed by atoms with E-state index in [-0.39, 0.29) is 28.0 Å².